The van der Waals surface area contributed by atoms with Crippen molar-refractivity contribution >= 4 is 34.6 Å². The van der Waals surface area contributed by atoms with Gasteiger partial charge in [-0.15, -0.1) is 0 Å². The Hall–Kier alpha value is -1.31. The van der Waals surface area contributed by atoms with E-state index in [-0.39, 0.29) is 0 Å². The quantitative estimate of drug-likeness (QED) is 0.814. The third-order valence-electron chi connectivity index (χ3n) is 1.88. The molecule has 16 heavy (non-hydrogen) atoms. The topological polar surface area (TPSA) is 47.8 Å². The first kappa shape index (κ1) is 12.8. The lowest BCUT2D eigenvalue weighted by atomic mass is 10.2. The number of benzene rings is 1. The number of halogens is 1. The van der Waals surface area contributed by atoms with Crippen LogP contribution in [-0.4, -0.2) is 11.7 Å². The highest BCUT2D eigenvalue weighted by Crippen LogP contribution is 2.19. The van der Waals surface area contributed by atoms with Gasteiger partial charge in [-0.3, -0.25) is 0 Å². The van der Waals surface area contributed by atoms with Gasteiger partial charge in [0.25, 0.3) is 0 Å². The van der Waals surface area contributed by atoms with Gasteiger partial charge in [0.1, 0.15) is 6.07 Å². The van der Waals surface area contributed by atoms with E-state index in [4.69, 9.17) is 29.1 Å². The molecule has 3 nitrogen and oxygen atoms in total. The Morgan fingerprint density at radius 1 is 1.56 bits per heavy atom. The number of anilines is 1. The van der Waals surface area contributed by atoms with E-state index in [0.717, 1.165) is 18.7 Å². The maximum atomic E-state index is 8.71. The summed E-state index contributed by atoms with van der Waals surface area (Å²) in [6.45, 7) is 2.89. The maximum Gasteiger partial charge on any atom is 0.170 e. The second-order valence-electron chi connectivity index (χ2n) is 3.19. The molecular formula is C11H12ClN3S. The summed E-state index contributed by atoms with van der Waals surface area (Å²) in [5, 5.41) is 15.7. The van der Waals surface area contributed by atoms with Crippen molar-refractivity contribution in [1.29, 1.82) is 5.26 Å². The Kier molecular flexibility index (Phi) is 5.03. The highest BCUT2D eigenvalue weighted by molar-refractivity contribution is 7.80. The minimum Gasteiger partial charge on any atom is -0.362 e. The smallest absolute Gasteiger partial charge is 0.170 e. The van der Waals surface area contributed by atoms with Gasteiger partial charge in [0.15, 0.2) is 5.11 Å². The van der Waals surface area contributed by atoms with Crippen molar-refractivity contribution in [2.75, 3.05) is 11.9 Å². The molecule has 0 aliphatic rings. The van der Waals surface area contributed by atoms with E-state index in [1.807, 2.05) is 6.07 Å². The molecule has 0 aromatic heterocycles. The fourth-order valence-electron chi connectivity index (χ4n) is 1.10. The zero-order valence-corrected chi connectivity index (χ0v) is 10.5. The molecule has 5 heteroatoms. The maximum absolute atomic E-state index is 8.71. The molecule has 0 radical (unpaired) electrons. The Morgan fingerprint density at radius 2 is 2.31 bits per heavy atom. The van der Waals surface area contributed by atoms with Crippen molar-refractivity contribution < 1.29 is 0 Å². The average molecular weight is 254 g/mol. The fourth-order valence-corrected chi connectivity index (χ4v) is 1.54. The zero-order chi connectivity index (χ0) is 12.0. The van der Waals surface area contributed by atoms with E-state index < -0.39 is 0 Å². The lowest BCUT2D eigenvalue weighted by Gasteiger charge is -2.09. The van der Waals surface area contributed by atoms with Crippen molar-refractivity contribution in [1.82, 2.24) is 5.32 Å². The van der Waals surface area contributed by atoms with Crippen molar-refractivity contribution in [3.8, 4) is 6.07 Å². The van der Waals surface area contributed by atoms with Gasteiger partial charge in [-0.05, 0) is 36.8 Å². The standard InChI is InChI=1S/C11H12ClN3S/c1-2-5-14-11(16)15-9-4-3-8(7-13)10(12)6-9/h3-4,6H,2,5H2,1H3,(H2,14,15,16). The van der Waals surface area contributed by atoms with Crippen molar-refractivity contribution in [3.63, 3.8) is 0 Å². The van der Waals surface area contributed by atoms with E-state index >= 15 is 0 Å². The minimum absolute atomic E-state index is 0.422. The predicted octanol–water partition coefficient (Wildman–Crippen LogP) is 2.91. The van der Waals surface area contributed by atoms with Gasteiger partial charge in [-0.1, -0.05) is 18.5 Å². The monoisotopic (exact) mass is 253 g/mol. The Morgan fingerprint density at radius 3 is 2.88 bits per heavy atom. The van der Waals surface area contributed by atoms with Crippen LogP contribution in [0.2, 0.25) is 5.02 Å². The Balaban J connectivity index is 2.65. The van der Waals surface area contributed by atoms with Gasteiger partial charge in [0.05, 0.1) is 10.6 Å². The van der Waals surface area contributed by atoms with Crippen LogP contribution in [-0.2, 0) is 0 Å². The van der Waals surface area contributed by atoms with Crippen molar-refractivity contribution in [2.24, 2.45) is 0 Å². The van der Waals surface area contributed by atoms with Crippen LogP contribution in [0.3, 0.4) is 0 Å². The molecule has 0 amide bonds. The first-order chi connectivity index (χ1) is 7.67. The first-order valence-corrected chi connectivity index (χ1v) is 5.70. The van der Waals surface area contributed by atoms with Crippen molar-refractivity contribution in [2.45, 2.75) is 13.3 Å². The van der Waals surface area contributed by atoms with Gasteiger partial charge in [-0.2, -0.15) is 5.26 Å². The third-order valence-corrected chi connectivity index (χ3v) is 2.44. The number of hydrogen-bond acceptors (Lipinski definition) is 2. The molecule has 0 atom stereocenters. The number of nitrogens with zero attached hydrogens (tertiary/aromatic N) is 1. The molecule has 1 aromatic rings. The fraction of sp³-hybridized carbons (Fsp3) is 0.273. The van der Waals surface area contributed by atoms with E-state index in [9.17, 15) is 0 Å². The van der Waals surface area contributed by atoms with Crippen LogP contribution in [0, 0.1) is 11.3 Å². The number of nitrogens with one attached hydrogen (secondary N) is 2. The van der Waals surface area contributed by atoms with Crippen LogP contribution in [0.4, 0.5) is 5.69 Å². The number of rotatable bonds is 3. The molecule has 1 rings (SSSR count). The van der Waals surface area contributed by atoms with Crippen LogP contribution in [0.25, 0.3) is 0 Å². The molecule has 2 N–H and O–H groups in total. The summed E-state index contributed by atoms with van der Waals surface area (Å²) in [5.41, 5.74) is 1.23. The summed E-state index contributed by atoms with van der Waals surface area (Å²) < 4.78 is 0. The van der Waals surface area contributed by atoms with E-state index in [2.05, 4.69) is 17.6 Å². The predicted molar refractivity (Wildman–Crippen MR) is 70.7 cm³/mol. The summed E-state index contributed by atoms with van der Waals surface area (Å²) in [5.74, 6) is 0. The molecule has 0 saturated carbocycles. The van der Waals surface area contributed by atoms with Crippen LogP contribution >= 0.6 is 23.8 Å². The van der Waals surface area contributed by atoms with Gasteiger partial charge in [0.2, 0.25) is 0 Å². The highest BCUT2D eigenvalue weighted by atomic mass is 35.5. The Bertz CT molecular complexity index is 426. The van der Waals surface area contributed by atoms with Crippen LogP contribution in [0.15, 0.2) is 18.2 Å². The molecule has 0 heterocycles. The Labute approximate surface area is 105 Å². The summed E-state index contributed by atoms with van der Waals surface area (Å²) in [4.78, 5) is 0. The molecule has 0 saturated heterocycles. The molecule has 0 fully saturated rings. The number of nitriles is 1. The molecule has 0 unspecified atom stereocenters. The van der Waals surface area contributed by atoms with E-state index in [0.29, 0.717) is 15.7 Å². The number of thiocarbonyl (C=S) groups is 1. The second-order valence-corrected chi connectivity index (χ2v) is 4.00. The molecule has 1 aromatic carbocycles. The molecule has 0 spiro atoms. The van der Waals surface area contributed by atoms with Crippen LogP contribution < -0.4 is 10.6 Å². The summed E-state index contributed by atoms with van der Waals surface area (Å²) >= 11 is 11.0. The second kappa shape index (κ2) is 6.31. The molecule has 0 bridgehead atoms. The van der Waals surface area contributed by atoms with Gasteiger partial charge in [0, 0.05) is 12.2 Å². The van der Waals surface area contributed by atoms with E-state index in [1.54, 1.807) is 18.2 Å². The minimum atomic E-state index is 0.422. The zero-order valence-electron chi connectivity index (χ0n) is 8.88. The molecule has 0 aliphatic heterocycles. The van der Waals surface area contributed by atoms with Crippen LogP contribution in [0.1, 0.15) is 18.9 Å². The normalized spacial score (nSPS) is 9.31. The summed E-state index contributed by atoms with van der Waals surface area (Å²) in [6.07, 6.45) is 1.01. The molecule has 84 valence electrons. The SMILES string of the molecule is CCCNC(=S)Nc1ccc(C#N)c(Cl)c1. The van der Waals surface area contributed by atoms with Gasteiger partial charge in [-0.25, -0.2) is 0 Å². The number of hydrogen-bond donors (Lipinski definition) is 2. The lowest BCUT2D eigenvalue weighted by Crippen LogP contribution is -2.28. The van der Waals surface area contributed by atoms with Crippen LogP contribution in [0.5, 0.6) is 0 Å². The third kappa shape index (κ3) is 3.69. The summed E-state index contributed by atoms with van der Waals surface area (Å²) in [7, 11) is 0. The highest BCUT2D eigenvalue weighted by Gasteiger charge is 2.02. The average Bonchev–Trinajstić information content (AvgIpc) is 2.26. The molecule has 0 aliphatic carbocycles. The van der Waals surface area contributed by atoms with E-state index in [1.165, 1.54) is 0 Å². The first-order valence-electron chi connectivity index (χ1n) is 4.92. The lowest BCUT2D eigenvalue weighted by molar-refractivity contribution is 0.846. The van der Waals surface area contributed by atoms with Crippen molar-refractivity contribution in [3.05, 3.63) is 28.8 Å². The molecular weight excluding hydrogens is 242 g/mol. The van der Waals surface area contributed by atoms with Gasteiger partial charge >= 0.3 is 0 Å². The summed E-state index contributed by atoms with van der Waals surface area (Å²) in [6, 6.07) is 7.11. The largest absolute Gasteiger partial charge is 0.362 e. The van der Waals surface area contributed by atoms with Gasteiger partial charge < -0.3 is 10.6 Å².